The molecule has 0 amide bonds. The molecule has 1 aromatic rings. The number of esters is 1. The number of rotatable bonds is 5. The van der Waals surface area contributed by atoms with E-state index in [0.717, 1.165) is 25.0 Å². The lowest BCUT2D eigenvalue weighted by atomic mass is 10.1. The Morgan fingerprint density at radius 1 is 1.67 bits per heavy atom. The minimum atomic E-state index is -0.443. The van der Waals surface area contributed by atoms with Crippen LogP contribution in [-0.4, -0.2) is 31.8 Å². The summed E-state index contributed by atoms with van der Waals surface area (Å²) >= 11 is 0. The minimum Gasteiger partial charge on any atom is -0.463 e. The average molecular weight is 253 g/mol. The van der Waals surface area contributed by atoms with Crippen molar-refractivity contribution in [3.8, 4) is 0 Å². The smallest absolute Gasteiger partial charge is 0.374 e. The van der Waals surface area contributed by atoms with Crippen LogP contribution in [0.2, 0.25) is 0 Å². The van der Waals surface area contributed by atoms with Gasteiger partial charge >= 0.3 is 5.97 Å². The molecule has 0 bridgehead atoms. The summed E-state index contributed by atoms with van der Waals surface area (Å²) in [6.07, 6.45) is 3.97. The summed E-state index contributed by atoms with van der Waals surface area (Å²) in [4.78, 5) is 11.4. The molecule has 1 saturated heterocycles. The highest BCUT2D eigenvalue weighted by atomic mass is 16.5. The molecule has 1 aromatic heterocycles. The van der Waals surface area contributed by atoms with E-state index in [2.05, 4.69) is 17.0 Å². The zero-order valence-electron chi connectivity index (χ0n) is 10.8. The first-order chi connectivity index (χ1) is 8.72. The maximum absolute atomic E-state index is 11.4. The molecule has 0 aliphatic carbocycles. The Balaban J connectivity index is 1.89. The molecule has 1 fully saturated rings. The van der Waals surface area contributed by atoms with Crippen LogP contribution in [0, 0.1) is 0 Å². The minimum absolute atomic E-state index is 0.257. The van der Waals surface area contributed by atoms with Crippen molar-refractivity contribution in [2.24, 2.45) is 0 Å². The summed E-state index contributed by atoms with van der Waals surface area (Å²) in [6, 6.07) is 2.04. The first-order valence-electron chi connectivity index (χ1n) is 6.22. The number of furan rings is 1. The largest absolute Gasteiger partial charge is 0.463 e. The number of hydrogen-bond donors (Lipinski definition) is 1. The van der Waals surface area contributed by atoms with Gasteiger partial charge in [-0.05, 0) is 25.8 Å². The Kier molecular flexibility index (Phi) is 4.38. The van der Waals surface area contributed by atoms with Gasteiger partial charge in [0.2, 0.25) is 5.76 Å². The lowest BCUT2D eigenvalue weighted by Gasteiger charge is -2.19. The molecule has 1 N–H and O–H groups in total. The molecular weight excluding hydrogens is 234 g/mol. The molecule has 2 heterocycles. The predicted molar refractivity (Wildman–Crippen MR) is 65.3 cm³/mol. The topological polar surface area (TPSA) is 60.7 Å². The van der Waals surface area contributed by atoms with E-state index in [1.807, 2.05) is 0 Å². The molecule has 100 valence electrons. The van der Waals surface area contributed by atoms with E-state index in [1.165, 1.54) is 13.4 Å². The SMILES string of the molecule is COC(=O)c1occc1CNC(C)C1CCCO1. The second-order valence-electron chi connectivity index (χ2n) is 4.49. The Bertz CT molecular complexity index is 395. The average Bonchev–Trinajstić information content (AvgIpc) is 3.05. The van der Waals surface area contributed by atoms with Gasteiger partial charge < -0.3 is 19.2 Å². The fourth-order valence-electron chi connectivity index (χ4n) is 2.15. The molecule has 2 atom stereocenters. The quantitative estimate of drug-likeness (QED) is 0.810. The zero-order chi connectivity index (χ0) is 13.0. The van der Waals surface area contributed by atoms with E-state index < -0.39 is 5.97 Å². The van der Waals surface area contributed by atoms with Crippen LogP contribution in [0.5, 0.6) is 0 Å². The number of nitrogens with one attached hydrogen (secondary N) is 1. The molecule has 2 rings (SSSR count). The van der Waals surface area contributed by atoms with Crippen molar-refractivity contribution in [1.82, 2.24) is 5.32 Å². The maximum Gasteiger partial charge on any atom is 0.374 e. The third-order valence-electron chi connectivity index (χ3n) is 3.25. The van der Waals surface area contributed by atoms with E-state index in [-0.39, 0.29) is 17.9 Å². The molecule has 18 heavy (non-hydrogen) atoms. The van der Waals surface area contributed by atoms with Crippen LogP contribution in [0.3, 0.4) is 0 Å². The van der Waals surface area contributed by atoms with E-state index in [1.54, 1.807) is 6.07 Å². The van der Waals surface area contributed by atoms with Crippen LogP contribution in [0.25, 0.3) is 0 Å². The van der Waals surface area contributed by atoms with Crippen LogP contribution in [0.1, 0.15) is 35.9 Å². The summed E-state index contributed by atoms with van der Waals surface area (Å²) in [5, 5.41) is 3.35. The van der Waals surface area contributed by atoms with Crippen LogP contribution in [0.15, 0.2) is 16.7 Å². The lowest BCUT2D eigenvalue weighted by Crippen LogP contribution is -2.36. The van der Waals surface area contributed by atoms with Crippen LogP contribution >= 0.6 is 0 Å². The van der Waals surface area contributed by atoms with Gasteiger partial charge in [0.15, 0.2) is 0 Å². The molecule has 0 aromatic carbocycles. The second kappa shape index (κ2) is 6.02. The molecule has 0 saturated carbocycles. The van der Waals surface area contributed by atoms with E-state index in [0.29, 0.717) is 6.54 Å². The lowest BCUT2D eigenvalue weighted by molar-refractivity contribution is 0.0562. The van der Waals surface area contributed by atoms with Gasteiger partial charge in [0.05, 0.1) is 19.5 Å². The van der Waals surface area contributed by atoms with Gasteiger partial charge in [-0.3, -0.25) is 0 Å². The standard InChI is InChI=1S/C13H19NO4/c1-9(11-4-3-6-17-11)14-8-10-5-7-18-12(10)13(15)16-2/h5,7,9,11,14H,3-4,6,8H2,1-2H3. The molecule has 0 radical (unpaired) electrons. The van der Waals surface area contributed by atoms with Gasteiger partial charge in [-0.1, -0.05) is 0 Å². The van der Waals surface area contributed by atoms with Gasteiger partial charge in [0, 0.05) is 24.8 Å². The summed E-state index contributed by atoms with van der Waals surface area (Å²) < 4.78 is 15.4. The summed E-state index contributed by atoms with van der Waals surface area (Å²) in [5.41, 5.74) is 0.812. The van der Waals surface area contributed by atoms with E-state index >= 15 is 0 Å². The highest BCUT2D eigenvalue weighted by molar-refractivity contribution is 5.87. The number of methoxy groups -OCH3 is 1. The Labute approximate surface area is 106 Å². The van der Waals surface area contributed by atoms with Crippen molar-refractivity contribution in [1.29, 1.82) is 0 Å². The number of carbonyl (C=O) groups excluding carboxylic acids is 1. The van der Waals surface area contributed by atoms with Crippen LogP contribution in [0.4, 0.5) is 0 Å². The van der Waals surface area contributed by atoms with Crippen molar-refractivity contribution >= 4 is 5.97 Å². The normalized spacial score (nSPS) is 20.9. The van der Waals surface area contributed by atoms with Crippen molar-refractivity contribution in [2.75, 3.05) is 13.7 Å². The zero-order valence-corrected chi connectivity index (χ0v) is 10.8. The Morgan fingerprint density at radius 3 is 3.17 bits per heavy atom. The molecule has 5 heteroatoms. The number of carbonyl (C=O) groups is 1. The van der Waals surface area contributed by atoms with Gasteiger partial charge in [-0.2, -0.15) is 0 Å². The first kappa shape index (κ1) is 13.1. The third-order valence-corrected chi connectivity index (χ3v) is 3.25. The van der Waals surface area contributed by atoms with Crippen molar-refractivity contribution in [2.45, 2.75) is 38.5 Å². The second-order valence-corrected chi connectivity index (χ2v) is 4.49. The van der Waals surface area contributed by atoms with Crippen LogP contribution < -0.4 is 5.32 Å². The summed E-state index contributed by atoms with van der Waals surface area (Å²) in [7, 11) is 1.34. The Morgan fingerprint density at radius 2 is 2.50 bits per heavy atom. The van der Waals surface area contributed by atoms with Crippen molar-refractivity contribution in [3.05, 3.63) is 23.7 Å². The fraction of sp³-hybridized carbons (Fsp3) is 0.615. The molecule has 0 spiro atoms. The summed E-state index contributed by atoms with van der Waals surface area (Å²) in [6.45, 7) is 3.51. The van der Waals surface area contributed by atoms with E-state index in [9.17, 15) is 4.79 Å². The van der Waals surface area contributed by atoms with Gasteiger partial charge in [-0.15, -0.1) is 0 Å². The highest BCUT2D eigenvalue weighted by Crippen LogP contribution is 2.17. The van der Waals surface area contributed by atoms with Gasteiger partial charge in [-0.25, -0.2) is 4.79 Å². The number of ether oxygens (including phenoxy) is 2. The monoisotopic (exact) mass is 253 g/mol. The molecular formula is C13H19NO4. The highest BCUT2D eigenvalue weighted by Gasteiger charge is 2.23. The molecule has 2 unspecified atom stereocenters. The summed E-state index contributed by atoms with van der Waals surface area (Å²) in [5.74, 6) is -0.175. The van der Waals surface area contributed by atoms with Gasteiger partial charge in [0.25, 0.3) is 0 Å². The third kappa shape index (κ3) is 2.91. The molecule has 5 nitrogen and oxygen atoms in total. The number of hydrogen-bond acceptors (Lipinski definition) is 5. The Hall–Kier alpha value is -1.33. The first-order valence-corrected chi connectivity index (χ1v) is 6.22. The van der Waals surface area contributed by atoms with E-state index in [4.69, 9.17) is 9.15 Å². The van der Waals surface area contributed by atoms with Gasteiger partial charge in [0.1, 0.15) is 0 Å². The van der Waals surface area contributed by atoms with Crippen LogP contribution in [-0.2, 0) is 16.0 Å². The molecule has 1 aliphatic heterocycles. The molecule has 1 aliphatic rings. The van der Waals surface area contributed by atoms with Crippen molar-refractivity contribution < 1.29 is 18.7 Å². The predicted octanol–water partition coefficient (Wildman–Crippen LogP) is 1.72. The maximum atomic E-state index is 11.4. The van der Waals surface area contributed by atoms with Crippen molar-refractivity contribution in [3.63, 3.8) is 0 Å². The fourth-order valence-corrected chi connectivity index (χ4v) is 2.15.